The van der Waals surface area contributed by atoms with Crippen molar-refractivity contribution < 1.29 is 11.0 Å². The molecule has 3 heteroatoms. The predicted molar refractivity (Wildman–Crippen MR) is 160 cm³/mol. The normalized spacial score (nSPS) is 17.3. The zero-order valence-corrected chi connectivity index (χ0v) is 22.7. The molecule has 39 heavy (non-hydrogen) atoms. The summed E-state index contributed by atoms with van der Waals surface area (Å²) in [5, 5.41) is 0. The van der Waals surface area contributed by atoms with Gasteiger partial charge in [0, 0.05) is 35.0 Å². The molecule has 0 unspecified atom stereocenters. The van der Waals surface area contributed by atoms with Gasteiger partial charge >= 0.3 is 1.43 Å². The summed E-state index contributed by atoms with van der Waals surface area (Å²) in [6, 6.07) is 34.9. The maximum Gasteiger partial charge on any atom is 1.00 e. The molecule has 6 rings (SSSR count). The van der Waals surface area contributed by atoms with Crippen molar-refractivity contribution >= 4 is 17.0 Å². The monoisotopic (exact) mass is 513 g/mol. The molecule has 196 valence electrons. The molecule has 0 radical (unpaired) electrons. The molecule has 4 aromatic carbocycles. The van der Waals surface area contributed by atoms with Gasteiger partial charge < -0.3 is 16.1 Å². The van der Waals surface area contributed by atoms with E-state index in [-0.39, 0.29) is 7.21 Å². The molecule has 0 bridgehead atoms. The second kappa shape index (κ2) is 10.6. The number of carbonyl (C=O) groups excluding carboxylic acids is 1. The van der Waals surface area contributed by atoms with Crippen molar-refractivity contribution in [2.75, 3.05) is 18.0 Å². The minimum atomic E-state index is -1.04. The van der Waals surface area contributed by atoms with Crippen LogP contribution < -0.4 is 9.64 Å². The first-order chi connectivity index (χ1) is 19.2. The van der Waals surface area contributed by atoms with Gasteiger partial charge in [-0.05, 0) is 35.7 Å². The van der Waals surface area contributed by atoms with Crippen LogP contribution in [0.5, 0.6) is 5.75 Å². The number of anilines is 1. The fourth-order valence-corrected chi connectivity index (χ4v) is 6.10. The number of unbranched alkanes of at least 4 members (excludes halogenated alkanes) is 2. The molecule has 1 heterocycles. The molecule has 0 aromatic heterocycles. The van der Waals surface area contributed by atoms with Crippen molar-refractivity contribution in [1.29, 1.82) is 0 Å². The van der Waals surface area contributed by atoms with E-state index >= 15 is 0 Å². The van der Waals surface area contributed by atoms with Gasteiger partial charge in [0.05, 0.1) is 0 Å². The summed E-state index contributed by atoms with van der Waals surface area (Å²) in [4.78, 5) is 17.2. The molecular formula is C36H35NO2. The van der Waals surface area contributed by atoms with E-state index < -0.39 is 5.41 Å². The molecular weight excluding hydrogens is 478 g/mol. The van der Waals surface area contributed by atoms with E-state index in [0.29, 0.717) is 5.76 Å². The van der Waals surface area contributed by atoms with Crippen LogP contribution in [0.3, 0.4) is 0 Å². The number of rotatable bonds is 9. The largest absolute Gasteiger partial charge is 1.00 e. The van der Waals surface area contributed by atoms with E-state index in [2.05, 4.69) is 67.6 Å². The van der Waals surface area contributed by atoms with Gasteiger partial charge in [-0.1, -0.05) is 104 Å². The summed E-state index contributed by atoms with van der Waals surface area (Å²) in [5.41, 5.74) is 5.62. The lowest BCUT2D eigenvalue weighted by molar-refractivity contribution is 0.0921. The number of hydrogen-bond donors (Lipinski definition) is 0. The smallest absolute Gasteiger partial charge is 0.459 e. The summed E-state index contributed by atoms with van der Waals surface area (Å²) < 4.78 is 6.89. The first-order valence-corrected chi connectivity index (χ1v) is 14.0. The van der Waals surface area contributed by atoms with E-state index in [0.717, 1.165) is 77.2 Å². The highest BCUT2D eigenvalue weighted by Crippen LogP contribution is 2.58. The zero-order valence-electron chi connectivity index (χ0n) is 23.7. The number of ketones is 1. The lowest BCUT2D eigenvalue weighted by Crippen LogP contribution is -2.41. The minimum Gasteiger partial charge on any atom is -0.459 e. The Bertz CT molecular complexity index is 1520. The quantitative estimate of drug-likeness (QED) is 0.211. The van der Waals surface area contributed by atoms with Crippen molar-refractivity contribution in [2.24, 2.45) is 0 Å². The van der Waals surface area contributed by atoms with Crippen LogP contribution in [-0.2, 0) is 5.41 Å². The van der Waals surface area contributed by atoms with Gasteiger partial charge in [0.1, 0.15) is 16.9 Å². The Morgan fingerprint density at radius 3 is 2.26 bits per heavy atom. The summed E-state index contributed by atoms with van der Waals surface area (Å²) >= 11 is 0. The lowest BCUT2D eigenvalue weighted by Gasteiger charge is -2.35. The average Bonchev–Trinajstić information content (AvgIpc) is 3.33. The van der Waals surface area contributed by atoms with Gasteiger partial charge in [0.25, 0.3) is 0 Å². The van der Waals surface area contributed by atoms with Crippen molar-refractivity contribution in [1.82, 2.24) is 0 Å². The third kappa shape index (κ3) is 4.08. The number of Topliss-reactive ketones (excluding diaryl/α,β-unsaturated/α-hetero) is 1. The predicted octanol–water partition coefficient (Wildman–Crippen LogP) is 8.35. The first kappa shape index (κ1) is 25.2. The van der Waals surface area contributed by atoms with Gasteiger partial charge in [0.15, 0.2) is 5.78 Å². The van der Waals surface area contributed by atoms with Crippen molar-refractivity contribution in [3.05, 3.63) is 143 Å². The van der Waals surface area contributed by atoms with E-state index in [1.165, 1.54) is 0 Å². The molecule has 0 saturated carbocycles. The van der Waals surface area contributed by atoms with Crippen molar-refractivity contribution in [2.45, 2.75) is 38.5 Å². The molecule has 1 aliphatic heterocycles. The average molecular weight is 514 g/mol. The third-order valence-electron chi connectivity index (χ3n) is 8.03. The first-order valence-electron chi connectivity index (χ1n) is 14.0. The lowest BCUT2D eigenvalue weighted by atomic mass is 9.63. The van der Waals surface area contributed by atoms with Crippen LogP contribution in [0, 0.1) is 6.42 Å². The van der Waals surface area contributed by atoms with Crippen molar-refractivity contribution in [3.63, 3.8) is 0 Å². The second-order valence-corrected chi connectivity index (χ2v) is 10.4. The highest BCUT2D eigenvalue weighted by molar-refractivity contribution is 6.17. The Morgan fingerprint density at radius 1 is 0.846 bits per heavy atom. The standard InChI is InChI=1S/C36H34NO2/c1-3-5-23-37(24-6-4-2)28-21-22-31-32(25-28)39-35-33(26-15-9-7-10-16-26)29-19-13-14-20-30(29)34(38)36(31,35)27-17-11-8-12-18-27/h3,7-22,25H,4-6,23-24H2,1-2H3/q-1/p+1/t36-/m1/s1. The molecule has 0 amide bonds. The molecule has 4 aromatic rings. The molecule has 0 fully saturated rings. The third-order valence-corrected chi connectivity index (χ3v) is 8.03. The van der Waals surface area contributed by atoms with Gasteiger partial charge in [-0.3, -0.25) is 4.79 Å². The van der Waals surface area contributed by atoms with E-state index in [1.54, 1.807) is 0 Å². The van der Waals surface area contributed by atoms with Gasteiger partial charge in [-0.25, -0.2) is 0 Å². The minimum absolute atomic E-state index is 0. The number of carbonyl (C=O) groups is 1. The fraction of sp³-hybridized carbons (Fsp3) is 0.222. The SMILES string of the molecule is C[CH-]CCN(CCCC)c1ccc2c(c1)OC1=C(c3ccccc3)c3ccccc3C(=O)[C@]12c1ccccc1.[H+]. The number of hydrogen-bond acceptors (Lipinski definition) is 3. The molecule has 1 atom stereocenters. The van der Waals surface area contributed by atoms with Crippen molar-refractivity contribution in [3.8, 4) is 5.75 Å². The van der Waals surface area contributed by atoms with Crippen LogP contribution in [-0.4, -0.2) is 18.9 Å². The zero-order chi connectivity index (χ0) is 26.8. The van der Waals surface area contributed by atoms with Crippen LogP contribution in [0.4, 0.5) is 5.69 Å². The fourth-order valence-electron chi connectivity index (χ4n) is 6.10. The maximum absolute atomic E-state index is 14.7. The molecule has 0 saturated heterocycles. The molecule has 2 aliphatic rings. The highest BCUT2D eigenvalue weighted by atomic mass is 16.5. The highest BCUT2D eigenvalue weighted by Gasteiger charge is 2.57. The topological polar surface area (TPSA) is 29.5 Å². The number of allylic oxidation sites excluding steroid dienone is 1. The number of benzene rings is 4. The van der Waals surface area contributed by atoms with Gasteiger partial charge in [-0.2, -0.15) is 13.3 Å². The van der Waals surface area contributed by atoms with Crippen LogP contribution >= 0.6 is 0 Å². The molecule has 3 nitrogen and oxygen atoms in total. The van der Waals surface area contributed by atoms with Gasteiger partial charge in [-0.15, -0.1) is 0 Å². The van der Waals surface area contributed by atoms with Crippen LogP contribution in [0.1, 0.15) is 67.1 Å². The van der Waals surface area contributed by atoms with Crippen LogP contribution in [0.25, 0.3) is 5.57 Å². The molecule has 1 aliphatic carbocycles. The van der Waals surface area contributed by atoms with E-state index in [1.807, 2.05) is 60.7 Å². The summed E-state index contributed by atoms with van der Waals surface area (Å²) in [6.45, 7) is 6.29. The Hall–Kier alpha value is -4.11. The maximum atomic E-state index is 14.7. The number of ether oxygens (including phenoxy) is 1. The van der Waals surface area contributed by atoms with Crippen LogP contribution in [0.15, 0.2) is 109 Å². The molecule has 0 N–H and O–H groups in total. The Kier molecular flexibility index (Phi) is 6.83. The summed E-state index contributed by atoms with van der Waals surface area (Å²) in [5.74, 6) is 1.54. The summed E-state index contributed by atoms with van der Waals surface area (Å²) in [6.07, 6.45) is 5.51. The van der Waals surface area contributed by atoms with Crippen LogP contribution in [0.2, 0.25) is 0 Å². The van der Waals surface area contributed by atoms with E-state index in [9.17, 15) is 4.79 Å². The Labute approximate surface area is 233 Å². The second-order valence-electron chi connectivity index (χ2n) is 10.4. The number of fused-ring (bicyclic) bond motifs is 4. The molecule has 0 spiro atoms. The Morgan fingerprint density at radius 2 is 1.54 bits per heavy atom. The number of nitrogens with zero attached hydrogens (tertiary/aromatic N) is 1. The Balaban J connectivity index is 0.00000323. The van der Waals surface area contributed by atoms with Gasteiger partial charge in [0.2, 0.25) is 0 Å². The summed E-state index contributed by atoms with van der Waals surface area (Å²) in [7, 11) is 0. The van der Waals surface area contributed by atoms with E-state index in [4.69, 9.17) is 4.74 Å².